The van der Waals surface area contributed by atoms with Gasteiger partial charge in [0.1, 0.15) is 11.8 Å². The van der Waals surface area contributed by atoms with Crippen LogP contribution in [0, 0.1) is 6.92 Å². The molecule has 2 aromatic rings. The number of benzene rings is 2. The highest BCUT2D eigenvalue weighted by molar-refractivity contribution is 7.98. The molecule has 1 atom stereocenters. The van der Waals surface area contributed by atoms with E-state index in [9.17, 15) is 9.59 Å². The Labute approximate surface area is 164 Å². The van der Waals surface area contributed by atoms with Gasteiger partial charge in [-0.2, -0.15) is 11.8 Å². The number of hydrogen-bond donors (Lipinski definition) is 2. The van der Waals surface area contributed by atoms with Crippen LogP contribution in [0.3, 0.4) is 0 Å². The molecule has 0 aliphatic rings. The van der Waals surface area contributed by atoms with E-state index in [1.54, 1.807) is 36.0 Å². The Morgan fingerprint density at radius 2 is 1.81 bits per heavy atom. The number of aryl methyl sites for hydroxylation is 1. The minimum Gasteiger partial charge on any atom is -0.496 e. The number of nitrogens with one attached hydrogen (secondary N) is 2. The molecular weight excluding hydrogens is 360 g/mol. The fourth-order valence-electron chi connectivity index (χ4n) is 2.59. The molecule has 0 spiro atoms. The molecule has 0 aliphatic carbocycles. The molecule has 27 heavy (non-hydrogen) atoms. The molecule has 0 fully saturated rings. The Bertz CT molecular complexity index is 762. The van der Waals surface area contributed by atoms with Gasteiger partial charge in [-0.25, -0.2) is 0 Å². The number of para-hydroxylation sites is 1. The largest absolute Gasteiger partial charge is 0.496 e. The van der Waals surface area contributed by atoms with Gasteiger partial charge >= 0.3 is 0 Å². The highest BCUT2D eigenvalue weighted by atomic mass is 32.2. The van der Waals surface area contributed by atoms with Crippen LogP contribution < -0.4 is 15.4 Å². The van der Waals surface area contributed by atoms with E-state index in [0.29, 0.717) is 24.3 Å². The fourth-order valence-corrected chi connectivity index (χ4v) is 3.06. The summed E-state index contributed by atoms with van der Waals surface area (Å²) in [5, 5.41) is 5.76. The van der Waals surface area contributed by atoms with Gasteiger partial charge in [0.05, 0.1) is 12.7 Å². The quantitative estimate of drug-likeness (QED) is 0.695. The Morgan fingerprint density at radius 1 is 1.11 bits per heavy atom. The van der Waals surface area contributed by atoms with Gasteiger partial charge in [0.2, 0.25) is 5.91 Å². The van der Waals surface area contributed by atoms with Gasteiger partial charge in [0.25, 0.3) is 5.91 Å². The van der Waals surface area contributed by atoms with Crippen LogP contribution in [0.25, 0.3) is 0 Å². The molecule has 0 saturated heterocycles. The first-order chi connectivity index (χ1) is 13.0. The van der Waals surface area contributed by atoms with Crippen molar-refractivity contribution in [2.75, 3.05) is 19.1 Å². The lowest BCUT2D eigenvalue weighted by Gasteiger charge is -2.19. The minimum absolute atomic E-state index is 0.187. The summed E-state index contributed by atoms with van der Waals surface area (Å²) in [6, 6.07) is 14.4. The van der Waals surface area contributed by atoms with Gasteiger partial charge in [0.15, 0.2) is 0 Å². The van der Waals surface area contributed by atoms with Gasteiger partial charge < -0.3 is 15.4 Å². The summed E-state index contributed by atoms with van der Waals surface area (Å²) in [5.74, 6) is 0.755. The van der Waals surface area contributed by atoms with Crippen molar-refractivity contribution >= 4 is 23.6 Å². The first-order valence-corrected chi connectivity index (χ1v) is 10.2. The number of ether oxygens (including phenoxy) is 1. The highest BCUT2D eigenvalue weighted by Gasteiger charge is 2.22. The Kier molecular flexibility index (Phi) is 8.20. The van der Waals surface area contributed by atoms with Crippen LogP contribution in [0.2, 0.25) is 0 Å². The van der Waals surface area contributed by atoms with Crippen LogP contribution in [0.5, 0.6) is 5.75 Å². The summed E-state index contributed by atoms with van der Waals surface area (Å²) in [5.41, 5.74) is 2.61. The van der Waals surface area contributed by atoms with Crippen molar-refractivity contribution in [3.05, 3.63) is 65.2 Å². The molecule has 1 unspecified atom stereocenters. The van der Waals surface area contributed by atoms with E-state index in [4.69, 9.17) is 4.74 Å². The van der Waals surface area contributed by atoms with Crippen LogP contribution in [-0.4, -0.2) is 37.0 Å². The first-order valence-electron chi connectivity index (χ1n) is 8.81. The smallest absolute Gasteiger partial charge is 0.255 e. The molecule has 5 nitrogen and oxygen atoms in total. The van der Waals surface area contributed by atoms with E-state index in [-0.39, 0.29) is 11.8 Å². The van der Waals surface area contributed by atoms with Crippen molar-refractivity contribution in [2.45, 2.75) is 25.9 Å². The normalized spacial score (nSPS) is 11.5. The SMILES string of the molecule is COc1ccccc1C(=O)NC(CCSC)C(=O)NCc1ccc(C)cc1. The molecule has 2 amide bonds. The minimum atomic E-state index is -0.597. The Morgan fingerprint density at radius 3 is 2.48 bits per heavy atom. The van der Waals surface area contributed by atoms with E-state index in [0.717, 1.165) is 11.3 Å². The molecule has 0 radical (unpaired) electrons. The lowest BCUT2D eigenvalue weighted by Crippen LogP contribution is -2.47. The lowest BCUT2D eigenvalue weighted by molar-refractivity contribution is -0.123. The van der Waals surface area contributed by atoms with E-state index < -0.39 is 6.04 Å². The van der Waals surface area contributed by atoms with Crippen LogP contribution in [-0.2, 0) is 11.3 Å². The van der Waals surface area contributed by atoms with Crippen LogP contribution in [0.4, 0.5) is 0 Å². The Balaban J connectivity index is 2.03. The van der Waals surface area contributed by atoms with Crippen molar-refractivity contribution in [1.82, 2.24) is 10.6 Å². The van der Waals surface area contributed by atoms with Crippen molar-refractivity contribution < 1.29 is 14.3 Å². The van der Waals surface area contributed by atoms with E-state index in [1.165, 1.54) is 12.7 Å². The maximum atomic E-state index is 12.6. The van der Waals surface area contributed by atoms with Gasteiger partial charge in [-0.1, -0.05) is 42.0 Å². The summed E-state index contributed by atoms with van der Waals surface area (Å²) < 4.78 is 5.24. The van der Waals surface area contributed by atoms with E-state index in [2.05, 4.69) is 10.6 Å². The third-order valence-electron chi connectivity index (χ3n) is 4.17. The van der Waals surface area contributed by atoms with Crippen molar-refractivity contribution in [3.63, 3.8) is 0 Å². The van der Waals surface area contributed by atoms with Crippen molar-refractivity contribution in [1.29, 1.82) is 0 Å². The third kappa shape index (κ3) is 6.32. The summed E-state index contributed by atoms with van der Waals surface area (Å²) >= 11 is 1.64. The summed E-state index contributed by atoms with van der Waals surface area (Å²) in [7, 11) is 1.52. The average Bonchev–Trinajstić information content (AvgIpc) is 2.70. The molecule has 2 N–H and O–H groups in total. The standard InChI is InChI=1S/C21H26N2O3S/c1-15-8-10-16(11-9-15)14-22-21(25)18(12-13-27-3)23-20(24)17-6-4-5-7-19(17)26-2/h4-11,18H,12-14H2,1-3H3,(H,22,25)(H,23,24). The van der Waals surface area contributed by atoms with E-state index in [1.807, 2.05) is 37.4 Å². The molecule has 0 aliphatic heterocycles. The zero-order valence-corrected chi connectivity index (χ0v) is 16.8. The predicted molar refractivity (Wildman–Crippen MR) is 110 cm³/mol. The first kappa shape index (κ1) is 20.8. The highest BCUT2D eigenvalue weighted by Crippen LogP contribution is 2.17. The van der Waals surface area contributed by atoms with Crippen molar-refractivity contribution in [3.8, 4) is 5.75 Å². The molecule has 0 aromatic heterocycles. The predicted octanol–water partition coefficient (Wildman–Crippen LogP) is 3.17. The topological polar surface area (TPSA) is 67.4 Å². The van der Waals surface area contributed by atoms with Gasteiger partial charge in [0, 0.05) is 6.54 Å². The number of carbonyl (C=O) groups is 2. The summed E-state index contributed by atoms with van der Waals surface area (Å²) in [4.78, 5) is 25.3. The molecule has 2 aromatic carbocycles. The second-order valence-electron chi connectivity index (χ2n) is 6.21. The number of carbonyl (C=O) groups excluding carboxylic acids is 2. The average molecular weight is 387 g/mol. The van der Waals surface area contributed by atoms with Gasteiger partial charge in [-0.3, -0.25) is 9.59 Å². The summed E-state index contributed by atoms with van der Waals surface area (Å²) in [6.45, 7) is 2.45. The molecular formula is C21H26N2O3S. The number of thioether (sulfide) groups is 1. The zero-order chi connectivity index (χ0) is 19.6. The maximum absolute atomic E-state index is 12.6. The molecule has 0 bridgehead atoms. The molecule has 0 heterocycles. The number of methoxy groups -OCH3 is 1. The van der Waals surface area contributed by atoms with Crippen molar-refractivity contribution in [2.24, 2.45) is 0 Å². The second-order valence-corrected chi connectivity index (χ2v) is 7.20. The second kappa shape index (κ2) is 10.6. The van der Waals surface area contributed by atoms with Crippen LogP contribution >= 0.6 is 11.8 Å². The number of amides is 2. The third-order valence-corrected chi connectivity index (χ3v) is 4.82. The summed E-state index contributed by atoms with van der Waals surface area (Å²) in [6.07, 6.45) is 2.53. The Hall–Kier alpha value is -2.47. The zero-order valence-electron chi connectivity index (χ0n) is 16.0. The molecule has 0 saturated carbocycles. The fraction of sp³-hybridized carbons (Fsp3) is 0.333. The van der Waals surface area contributed by atoms with E-state index >= 15 is 0 Å². The molecule has 144 valence electrons. The monoisotopic (exact) mass is 386 g/mol. The van der Waals surface area contributed by atoms with Gasteiger partial charge in [-0.15, -0.1) is 0 Å². The molecule has 2 rings (SSSR count). The maximum Gasteiger partial charge on any atom is 0.255 e. The van der Waals surface area contributed by atoms with Gasteiger partial charge in [-0.05, 0) is 43.0 Å². The number of hydrogen-bond acceptors (Lipinski definition) is 4. The van der Waals surface area contributed by atoms with Crippen LogP contribution in [0.15, 0.2) is 48.5 Å². The lowest BCUT2D eigenvalue weighted by atomic mass is 10.1. The number of rotatable bonds is 9. The van der Waals surface area contributed by atoms with Crippen LogP contribution in [0.1, 0.15) is 27.9 Å². The molecule has 6 heteroatoms.